The Balaban J connectivity index is 2.23. The van der Waals surface area contributed by atoms with Crippen LogP contribution < -0.4 is 0 Å². The molecule has 0 aliphatic heterocycles. The van der Waals surface area contributed by atoms with Gasteiger partial charge in [-0.3, -0.25) is 0 Å². The fourth-order valence-electron chi connectivity index (χ4n) is 2.66. The van der Waals surface area contributed by atoms with Crippen molar-refractivity contribution in [2.45, 2.75) is 12.8 Å². The Morgan fingerprint density at radius 1 is 0.842 bits per heavy atom. The first kappa shape index (κ1) is 11.7. The lowest BCUT2D eigenvalue weighted by molar-refractivity contribution is 0.317. The number of rotatable bonds is 0. The summed E-state index contributed by atoms with van der Waals surface area (Å²) >= 11 is 0. The van der Waals surface area contributed by atoms with Crippen LogP contribution >= 0.6 is 0 Å². The van der Waals surface area contributed by atoms with Crippen molar-refractivity contribution in [2.24, 2.45) is 5.16 Å². The van der Waals surface area contributed by atoms with Gasteiger partial charge in [0, 0.05) is 12.8 Å². The third-order valence-corrected chi connectivity index (χ3v) is 3.62. The van der Waals surface area contributed by atoms with Gasteiger partial charge in [0.2, 0.25) is 0 Å². The molecule has 0 bridgehead atoms. The normalized spacial score (nSPS) is 14.1. The summed E-state index contributed by atoms with van der Waals surface area (Å²) in [4.78, 5) is 0. The topological polar surface area (TPSA) is 32.6 Å². The smallest absolute Gasteiger partial charge is 0.0658 e. The highest BCUT2D eigenvalue weighted by molar-refractivity contribution is 5.94. The number of hydrogen-bond acceptors (Lipinski definition) is 2. The highest BCUT2D eigenvalue weighted by Gasteiger charge is 2.17. The van der Waals surface area contributed by atoms with E-state index in [4.69, 9.17) is 0 Å². The van der Waals surface area contributed by atoms with Crippen LogP contribution in [0.3, 0.4) is 0 Å². The zero-order valence-corrected chi connectivity index (χ0v) is 10.6. The van der Waals surface area contributed by atoms with Gasteiger partial charge in [-0.2, -0.15) is 0 Å². The predicted molar refractivity (Wildman–Crippen MR) is 77.6 cm³/mol. The third kappa shape index (κ3) is 2.06. The molecule has 0 unspecified atom stereocenters. The molecule has 0 amide bonds. The van der Waals surface area contributed by atoms with E-state index in [1.54, 1.807) is 0 Å². The van der Waals surface area contributed by atoms with Crippen LogP contribution in [0.4, 0.5) is 0 Å². The quantitative estimate of drug-likeness (QED) is 0.560. The average molecular weight is 249 g/mol. The lowest BCUT2D eigenvalue weighted by Crippen LogP contribution is -2.13. The van der Waals surface area contributed by atoms with Gasteiger partial charge in [0.25, 0.3) is 0 Å². The van der Waals surface area contributed by atoms with E-state index in [1.165, 1.54) is 0 Å². The highest BCUT2D eigenvalue weighted by Crippen LogP contribution is 2.30. The molecule has 3 rings (SSSR count). The summed E-state index contributed by atoms with van der Waals surface area (Å²) in [6, 6.07) is 16.3. The summed E-state index contributed by atoms with van der Waals surface area (Å²) in [5.41, 5.74) is 6.42. The zero-order chi connectivity index (χ0) is 13.2. The van der Waals surface area contributed by atoms with Crippen LogP contribution in [-0.2, 0) is 12.8 Å². The molecule has 1 aliphatic carbocycles. The molecule has 19 heavy (non-hydrogen) atoms. The largest absolute Gasteiger partial charge is 0.411 e. The minimum absolute atomic E-state index is 0.667. The second-order valence-corrected chi connectivity index (χ2v) is 4.81. The summed E-state index contributed by atoms with van der Waals surface area (Å²) in [5.74, 6) is 0. The van der Waals surface area contributed by atoms with Gasteiger partial charge in [-0.15, -0.1) is 0 Å². The first-order valence-electron chi connectivity index (χ1n) is 6.35. The molecule has 94 valence electrons. The van der Waals surface area contributed by atoms with E-state index in [0.717, 1.165) is 33.5 Å². The summed E-state index contributed by atoms with van der Waals surface area (Å²) in [6.45, 7) is 4.25. The van der Waals surface area contributed by atoms with Crippen molar-refractivity contribution in [1.82, 2.24) is 0 Å². The van der Waals surface area contributed by atoms with Crippen molar-refractivity contribution in [2.75, 3.05) is 0 Å². The highest BCUT2D eigenvalue weighted by atomic mass is 16.4. The third-order valence-electron chi connectivity index (χ3n) is 3.62. The van der Waals surface area contributed by atoms with E-state index in [-0.39, 0.29) is 0 Å². The fourth-order valence-corrected chi connectivity index (χ4v) is 2.66. The molecule has 2 aromatic carbocycles. The molecule has 0 aromatic heterocycles. The van der Waals surface area contributed by atoms with Crippen LogP contribution in [0.1, 0.15) is 22.3 Å². The Kier molecular flexibility index (Phi) is 2.92. The van der Waals surface area contributed by atoms with Crippen molar-refractivity contribution in [3.05, 3.63) is 77.4 Å². The maximum atomic E-state index is 9.19. The Morgan fingerprint density at radius 3 is 1.79 bits per heavy atom. The van der Waals surface area contributed by atoms with Crippen LogP contribution in [-0.4, -0.2) is 10.9 Å². The van der Waals surface area contributed by atoms with E-state index < -0.39 is 0 Å². The number of benzene rings is 2. The molecule has 2 heteroatoms. The SMILES string of the molecule is C=C1c2ccccc2CC(=NO)Cc2ccccc21. The van der Waals surface area contributed by atoms with Crippen LogP contribution in [0.15, 0.2) is 60.3 Å². The minimum Gasteiger partial charge on any atom is -0.411 e. The van der Waals surface area contributed by atoms with Gasteiger partial charge in [0.05, 0.1) is 5.71 Å². The number of hydrogen-bond donors (Lipinski definition) is 1. The Labute approximate surface area is 112 Å². The van der Waals surface area contributed by atoms with E-state index >= 15 is 0 Å². The zero-order valence-electron chi connectivity index (χ0n) is 10.6. The van der Waals surface area contributed by atoms with Crippen molar-refractivity contribution in [3.63, 3.8) is 0 Å². The second-order valence-electron chi connectivity index (χ2n) is 4.81. The maximum absolute atomic E-state index is 9.19. The molecule has 0 saturated carbocycles. The molecule has 2 aromatic rings. The minimum atomic E-state index is 0.667. The molecule has 2 nitrogen and oxygen atoms in total. The van der Waals surface area contributed by atoms with Gasteiger partial charge in [-0.25, -0.2) is 0 Å². The van der Waals surface area contributed by atoms with Crippen LogP contribution in [0.25, 0.3) is 5.57 Å². The van der Waals surface area contributed by atoms with Gasteiger partial charge >= 0.3 is 0 Å². The molecule has 1 aliphatic rings. The van der Waals surface area contributed by atoms with Gasteiger partial charge in [0.15, 0.2) is 0 Å². The molecule has 0 spiro atoms. The molecular formula is C17H15NO. The van der Waals surface area contributed by atoms with Crippen molar-refractivity contribution < 1.29 is 5.21 Å². The van der Waals surface area contributed by atoms with E-state index in [2.05, 4.69) is 36.0 Å². The molecule has 0 radical (unpaired) electrons. The summed E-state index contributed by atoms with van der Waals surface area (Å²) in [6.07, 6.45) is 1.33. The lowest BCUT2D eigenvalue weighted by atomic mass is 9.85. The Bertz CT molecular complexity index is 617. The Hall–Kier alpha value is -2.35. The first-order valence-corrected chi connectivity index (χ1v) is 6.35. The first-order chi connectivity index (χ1) is 9.29. The molecule has 1 N–H and O–H groups in total. The van der Waals surface area contributed by atoms with Crippen LogP contribution in [0.5, 0.6) is 0 Å². The number of oxime groups is 1. The number of nitrogens with zero attached hydrogens (tertiary/aromatic N) is 1. The van der Waals surface area contributed by atoms with Crippen molar-refractivity contribution >= 4 is 11.3 Å². The van der Waals surface area contributed by atoms with Gasteiger partial charge < -0.3 is 5.21 Å². The lowest BCUT2D eigenvalue weighted by Gasteiger charge is -2.19. The van der Waals surface area contributed by atoms with Crippen LogP contribution in [0.2, 0.25) is 0 Å². The van der Waals surface area contributed by atoms with E-state index in [9.17, 15) is 5.21 Å². The van der Waals surface area contributed by atoms with Crippen LogP contribution in [0, 0.1) is 0 Å². The molecule has 0 saturated heterocycles. The van der Waals surface area contributed by atoms with Gasteiger partial charge in [-0.1, -0.05) is 60.3 Å². The summed E-state index contributed by atoms with van der Waals surface area (Å²) in [5, 5.41) is 12.6. The number of fused-ring (bicyclic) bond motifs is 2. The molecule has 0 atom stereocenters. The molecular weight excluding hydrogens is 234 g/mol. The second kappa shape index (κ2) is 4.73. The van der Waals surface area contributed by atoms with Crippen molar-refractivity contribution in [1.29, 1.82) is 0 Å². The van der Waals surface area contributed by atoms with Gasteiger partial charge in [0.1, 0.15) is 0 Å². The van der Waals surface area contributed by atoms with Crippen molar-refractivity contribution in [3.8, 4) is 0 Å². The van der Waals surface area contributed by atoms with E-state index in [1.807, 2.05) is 24.3 Å². The van der Waals surface area contributed by atoms with E-state index in [0.29, 0.717) is 12.8 Å². The standard InChI is InChI=1S/C17H15NO/c1-12-16-8-4-2-6-13(16)10-15(18-19)11-14-7-3-5-9-17(12)14/h2-9,19H,1,10-11H2. The molecule has 0 heterocycles. The average Bonchev–Trinajstić information content (AvgIpc) is 2.45. The fraction of sp³-hybridized carbons (Fsp3) is 0.118. The maximum Gasteiger partial charge on any atom is 0.0658 e. The Morgan fingerprint density at radius 2 is 1.32 bits per heavy atom. The predicted octanol–water partition coefficient (Wildman–Crippen LogP) is 3.68. The van der Waals surface area contributed by atoms with Gasteiger partial charge in [-0.05, 0) is 27.8 Å². The summed E-state index contributed by atoms with van der Waals surface area (Å²) < 4.78 is 0. The summed E-state index contributed by atoms with van der Waals surface area (Å²) in [7, 11) is 0. The monoisotopic (exact) mass is 249 g/mol. The molecule has 0 fully saturated rings.